The van der Waals surface area contributed by atoms with Crippen LogP contribution in [0.15, 0.2) is 24.7 Å². The number of nitriles is 1. The lowest BCUT2D eigenvalue weighted by Gasteiger charge is -2.07. The average molecular weight is 240 g/mol. The van der Waals surface area contributed by atoms with Crippen LogP contribution >= 0.6 is 0 Å². The van der Waals surface area contributed by atoms with Crippen LogP contribution in [0, 0.1) is 11.3 Å². The first kappa shape index (κ1) is 10.7. The largest absolute Gasteiger partial charge is 0.362 e. The zero-order chi connectivity index (χ0) is 12.4. The van der Waals surface area contributed by atoms with Crippen molar-refractivity contribution >= 4 is 5.82 Å². The fourth-order valence-corrected chi connectivity index (χ4v) is 1.85. The molecule has 6 heteroatoms. The number of nitrogens with one attached hydrogen (secondary N) is 1. The summed E-state index contributed by atoms with van der Waals surface area (Å²) in [7, 11) is 0. The van der Waals surface area contributed by atoms with Crippen LogP contribution in [0.4, 0.5) is 5.82 Å². The van der Waals surface area contributed by atoms with Gasteiger partial charge in [-0.1, -0.05) is 0 Å². The molecule has 0 bridgehead atoms. The molecule has 0 radical (unpaired) electrons. The zero-order valence-corrected chi connectivity index (χ0v) is 9.74. The van der Waals surface area contributed by atoms with Crippen LogP contribution in [0.1, 0.15) is 30.3 Å². The highest BCUT2D eigenvalue weighted by molar-refractivity contribution is 5.51. The van der Waals surface area contributed by atoms with E-state index in [0.717, 1.165) is 5.82 Å². The Morgan fingerprint density at radius 2 is 2.39 bits per heavy atom. The molecule has 0 aliphatic heterocycles. The van der Waals surface area contributed by atoms with Gasteiger partial charge in [-0.2, -0.15) is 5.26 Å². The number of anilines is 1. The van der Waals surface area contributed by atoms with Gasteiger partial charge < -0.3 is 9.88 Å². The summed E-state index contributed by atoms with van der Waals surface area (Å²) in [6.45, 7) is 0.530. The smallest absolute Gasteiger partial charge is 0.152 e. The van der Waals surface area contributed by atoms with E-state index in [-0.39, 0.29) is 0 Å². The first-order chi connectivity index (χ1) is 8.88. The number of nitrogens with zero attached hydrogens (tertiary/aromatic N) is 5. The van der Waals surface area contributed by atoms with Gasteiger partial charge in [0.05, 0.1) is 12.1 Å². The topological polar surface area (TPSA) is 79.4 Å². The van der Waals surface area contributed by atoms with E-state index < -0.39 is 0 Å². The van der Waals surface area contributed by atoms with Gasteiger partial charge in [-0.05, 0) is 25.0 Å². The summed E-state index contributed by atoms with van der Waals surface area (Å²) < 4.78 is 2.09. The summed E-state index contributed by atoms with van der Waals surface area (Å²) in [6, 6.07) is 6.14. The molecule has 18 heavy (non-hydrogen) atoms. The predicted octanol–water partition coefficient (Wildman–Crippen LogP) is 1.49. The van der Waals surface area contributed by atoms with E-state index >= 15 is 0 Å². The third-order valence-corrected chi connectivity index (χ3v) is 2.93. The number of pyridine rings is 1. The van der Waals surface area contributed by atoms with Crippen molar-refractivity contribution in [3.8, 4) is 6.07 Å². The molecule has 0 amide bonds. The van der Waals surface area contributed by atoms with E-state index in [2.05, 4.69) is 31.1 Å². The van der Waals surface area contributed by atoms with Crippen LogP contribution < -0.4 is 5.32 Å². The minimum Gasteiger partial charge on any atom is -0.362 e. The highest BCUT2D eigenvalue weighted by Gasteiger charge is 2.25. The maximum atomic E-state index is 8.97. The highest BCUT2D eigenvalue weighted by Crippen LogP contribution is 2.35. The highest BCUT2D eigenvalue weighted by atomic mass is 15.3. The van der Waals surface area contributed by atoms with Crippen molar-refractivity contribution < 1.29 is 0 Å². The third-order valence-electron chi connectivity index (χ3n) is 2.93. The predicted molar refractivity (Wildman–Crippen MR) is 64.6 cm³/mol. The van der Waals surface area contributed by atoms with Crippen molar-refractivity contribution in [2.75, 3.05) is 5.32 Å². The van der Waals surface area contributed by atoms with E-state index in [1.165, 1.54) is 12.8 Å². The number of aromatic nitrogens is 4. The van der Waals surface area contributed by atoms with Gasteiger partial charge in [0.15, 0.2) is 5.82 Å². The molecule has 0 spiro atoms. The van der Waals surface area contributed by atoms with E-state index in [1.807, 2.05) is 0 Å². The zero-order valence-electron chi connectivity index (χ0n) is 9.74. The molecule has 1 fully saturated rings. The Bertz CT molecular complexity index is 593. The van der Waals surface area contributed by atoms with Crippen LogP contribution in [0.5, 0.6) is 0 Å². The summed E-state index contributed by atoms with van der Waals surface area (Å²) in [4.78, 5) is 4.15. The molecule has 1 aliphatic rings. The quantitative estimate of drug-likeness (QED) is 0.875. The van der Waals surface area contributed by atoms with Gasteiger partial charge in [0.1, 0.15) is 18.2 Å². The number of hydrogen-bond donors (Lipinski definition) is 1. The first-order valence-electron chi connectivity index (χ1n) is 5.86. The average Bonchev–Trinajstić information content (AvgIpc) is 3.16. The molecule has 90 valence electrons. The third kappa shape index (κ3) is 2.02. The Hall–Kier alpha value is -2.42. The molecule has 0 unspecified atom stereocenters. The van der Waals surface area contributed by atoms with Gasteiger partial charge in [0.2, 0.25) is 0 Å². The molecule has 0 atom stereocenters. The number of hydrogen-bond acceptors (Lipinski definition) is 5. The Kier molecular flexibility index (Phi) is 2.65. The second-order valence-electron chi connectivity index (χ2n) is 4.25. The minimum atomic E-state index is 0.530. The standard InChI is InChI=1S/C12H12N6/c13-6-9-2-1-5-14-12(9)15-7-11-17-16-8-18(11)10-3-4-10/h1-2,5,8,10H,3-4,7H2,(H,14,15). The Morgan fingerprint density at radius 1 is 1.50 bits per heavy atom. The normalized spacial score (nSPS) is 14.2. The minimum absolute atomic E-state index is 0.530. The lowest BCUT2D eigenvalue weighted by molar-refractivity contribution is 0.689. The second-order valence-corrected chi connectivity index (χ2v) is 4.25. The van der Waals surface area contributed by atoms with Crippen LogP contribution in [0.25, 0.3) is 0 Å². The van der Waals surface area contributed by atoms with Crippen molar-refractivity contribution in [2.45, 2.75) is 25.4 Å². The van der Waals surface area contributed by atoms with Gasteiger partial charge in [-0.3, -0.25) is 0 Å². The Labute approximate surface area is 104 Å². The summed E-state index contributed by atoms with van der Waals surface area (Å²) in [5.74, 6) is 1.47. The fourth-order valence-electron chi connectivity index (χ4n) is 1.85. The van der Waals surface area contributed by atoms with E-state index in [9.17, 15) is 0 Å². The van der Waals surface area contributed by atoms with Crippen molar-refractivity contribution in [1.29, 1.82) is 5.26 Å². The summed E-state index contributed by atoms with van der Waals surface area (Å²) in [5.41, 5.74) is 0.537. The molecule has 2 aromatic rings. The molecule has 2 aromatic heterocycles. The monoisotopic (exact) mass is 240 g/mol. The first-order valence-corrected chi connectivity index (χ1v) is 5.86. The van der Waals surface area contributed by atoms with Gasteiger partial charge in [-0.15, -0.1) is 10.2 Å². The molecule has 0 aromatic carbocycles. The molecule has 3 rings (SSSR count). The summed E-state index contributed by atoms with van der Waals surface area (Å²) >= 11 is 0. The fraction of sp³-hybridized carbons (Fsp3) is 0.333. The van der Waals surface area contributed by atoms with Gasteiger partial charge >= 0.3 is 0 Å². The van der Waals surface area contributed by atoms with E-state index in [4.69, 9.17) is 5.26 Å². The van der Waals surface area contributed by atoms with E-state index in [0.29, 0.717) is 24.0 Å². The Morgan fingerprint density at radius 3 is 3.17 bits per heavy atom. The Balaban J connectivity index is 1.74. The molecule has 0 saturated heterocycles. The van der Waals surface area contributed by atoms with Gasteiger partial charge in [0.25, 0.3) is 0 Å². The SMILES string of the molecule is N#Cc1cccnc1NCc1nncn1C1CC1. The van der Waals surface area contributed by atoms with Crippen molar-refractivity contribution in [3.63, 3.8) is 0 Å². The van der Waals surface area contributed by atoms with Crippen molar-refractivity contribution in [3.05, 3.63) is 36.0 Å². The van der Waals surface area contributed by atoms with Crippen LogP contribution in [0.2, 0.25) is 0 Å². The molecular weight excluding hydrogens is 228 g/mol. The maximum absolute atomic E-state index is 8.97. The molecule has 1 N–H and O–H groups in total. The number of rotatable bonds is 4. The van der Waals surface area contributed by atoms with Crippen LogP contribution in [0.3, 0.4) is 0 Å². The molecule has 1 aliphatic carbocycles. The lowest BCUT2D eigenvalue weighted by Crippen LogP contribution is -2.09. The molecular formula is C12H12N6. The van der Waals surface area contributed by atoms with Gasteiger partial charge in [0, 0.05) is 12.2 Å². The van der Waals surface area contributed by atoms with Crippen LogP contribution in [-0.2, 0) is 6.54 Å². The van der Waals surface area contributed by atoms with Gasteiger partial charge in [-0.25, -0.2) is 4.98 Å². The summed E-state index contributed by atoms with van der Waals surface area (Å²) in [5, 5.41) is 20.1. The van der Waals surface area contributed by atoms with E-state index in [1.54, 1.807) is 24.7 Å². The maximum Gasteiger partial charge on any atom is 0.152 e. The summed E-state index contributed by atoms with van der Waals surface area (Å²) in [6.07, 6.45) is 5.81. The molecule has 1 saturated carbocycles. The van der Waals surface area contributed by atoms with Crippen molar-refractivity contribution in [2.24, 2.45) is 0 Å². The van der Waals surface area contributed by atoms with Crippen molar-refractivity contribution in [1.82, 2.24) is 19.7 Å². The second kappa shape index (κ2) is 4.45. The molecule has 2 heterocycles. The molecule has 6 nitrogen and oxygen atoms in total. The lowest BCUT2D eigenvalue weighted by atomic mass is 10.3. The van der Waals surface area contributed by atoms with Crippen LogP contribution in [-0.4, -0.2) is 19.7 Å².